The van der Waals surface area contributed by atoms with Crippen molar-refractivity contribution in [2.24, 2.45) is 5.16 Å². The summed E-state index contributed by atoms with van der Waals surface area (Å²) in [6.07, 6.45) is 2.05. The van der Waals surface area contributed by atoms with E-state index >= 15 is 0 Å². The molecule has 72 valence electrons. The standard InChI is InChI=1S/C8H17NO2S/c1-3-10-8(2)9-11-6-4-5-7-12/h12H,3-7H2,1-2H3. The van der Waals surface area contributed by atoms with Gasteiger partial charge in [0.1, 0.15) is 6.61 Å². The van der Waals surface area contributed by atoms with Crippen LogP contribution in [0.3, 0.4) is 0 Å². The van der Waals surface area contributed by atoms with Gasteiger partial charge in [-0.25, -0.2) is 0 Å². The number of hydrogen-bond donors (Lipinski definition) is 1. The summed E-state index contributed by atoms with van der Waals surface area (Å²) in [4.78, 5) is 4.98. The van der Waals surface area contributed by atoms with Crippen molar-refractivity contribution in [2.45, 2.75) is 26.7 Å². The summed E-state index contributed by atoms with van der Waals surface area (Å²) in [5.41, 5.74) is 0. The Bertz CT molecular complexity index is 128. The molecule has 3 nitrogen and oxygen atoms in total. The third kappa shape index (κ3) is 7.72. The summed E-state index contributed by atoms with van der Waals surface area (Å²) >= 11 is 4.08. The molecule has 0 bridgehead atoms. The molecule has 0 N–H and O–H groups in total. The Balaban J connectivity index is 3.21. The van der Waals surface area contributed by atoms with Crippen LogP contribution in [0.2, 0.25) is 0 Å². The summed E-state index contributed by atoms with van der Waals surface area (Å²) in [5.74, 6) is 1.49. The van der Waals surface area contributed by atoms with Crippen molar-refractivity contribution in [2.75, 3.05) is 19.0 Å². The van der Waals surface area contributed by atoms with Crippen molar-refractivity contribution < 1.29 is 9.57 Å². The van der Waals surface area contributed by atoms with E-state index < -0.39 is 0 Å². The van der Waals surface area contributed by atoms with Gasteiger partial charge in [0, 0.05) is 6.92 Å². The molecular weight excluding hydrogens is 174 g/mol. The molecular formula is C8H17NO2S. The molecule has 4 heteroatoms. The van der Waals surface area contributed by atoms with Crippen molar-refractivity contribution in [1.82, 2.24) is 0 Å². The zero-order valence-electron chi connectivity index (χ0n) is 7.75. The molecule has 0 aliphatic carbocycles. The number of oxime groups is 1. The molecule has 0 atom stereocenters. The third-order valence-corrected chi connectivity index (χ3v) is 1.51. The quantitative estimate of drug-likeness (QED) is 0.229. The van der Waals surface area contributed by atoms with Crippen molar-refractivity contribution in [1.29, 1.82) is 0 Å². The topological polar surface area (TPSA) is 30.8 Å². The smallest absolute Gasteiger partial charge is 0.222 e. The highest BCUT2D eigenvalue weighted by molar-refractivity contribution is 7.80. The second-order valence-electron chi connectivity index (χ2n) is 2.31. The van der Waals surface area contributed by atoms with E-state index in [1.807, 2.05) is 6.92 Å². The number of ether oxygens (including phenoxy) is 1. The normalized spacial score (nSPS) is 11.4. The molecule has 0 aromatic rings. The second-order valence-corrected chi connectivity index (χ2v) is 2.75. The average Bonchev–Trinajstić information content (AvgIpc) is 2.05. The highest BCUT2D eigenvalue weighted by atomic mass is 32.1. The van der Waals surface area contributed by atoms with Gasteiger partial charge in [-0.2, -0.15) is 12.6 Å². The average molecular weight is 191 g/mol. The molecule has 0 rings (SSSR count). The molecule has 0 unspecified atom stereocenters. The predicted octanol–water partition coefficient (Wildman–Crippen LogP) is 2.08. The molecule has 0 saturated heterocycles. The van der Waals surface area contributed by atoms with Crippen LogP contribution in [0.4, 0.5) is 0 Å². The van der Waals surface area contributed by atoms with Crippen LogP contribution < -0.4 is 0 Å². The maximum atomic E-state index is 5.06. The number of unbranched alkanes of at least 4 members (excludes halogenated alkanes) is 1. The number of hydrogen-bond acceptors (Lipinski definition) is 4. The summed E-state index contributed by atoms with van der Waals surface area (Å²) < 4.78 is 5.06. The maximum absolute atomic E-state index is 5.06. The molecule has 0 aliphatic rings. The van der Waals surface area contributed by atoms with Gasteiger partial charge in [0.15, 0.2) is 0 Å². The SMILES string of the molecule is CCOC(C)=NOCCCCS. The summed E-state index contributed by atoms with van der Waals surface area (Å²) in [6, 6.07) is 0. The Morgan fingerprint density at radius 1 is 1.42 bits per heavy atom. The molecule has 0 amide bonds. The highest BCUT2D eigenvalue weighted by Gasteiger charge is 1.89. The van der Waals surface area contributed by atoms with Crippen LogP contribution >= 0.6 is 12.6 Å². The van der Waals surface area contributed by atoms with E-state index in [9.17, 15) is 0 Å². The van der Waals surface area contributed by atoms with E-state index in [0.29, 0.717) is 19.1 Å². The van der Waals surface area contributed by atoms with Crippen molar-refractivity contribution in [3.63, 3.8) is 0 Å². The molecule has 0 heterocycles. The monoisotopic (exact) mass is 191 g/mol. The van der Waals surface area contributed by atoms with Gasteiger partial charge in [0.05, 0.1) is 6.61 Å². The van der Waals surface area contributed by atoms with E-state index in [-0.39, 0.29) is 0 Å². The van der Waals surface area contributed by atoms with Gasteiger partial charge < -0.3 is 9.57 Å². The van der Waals surface area contributed by atoms with Gasteiger partial charge in [-0.15, -0.1) is 0 Å². The molecule has 0 radical (unpaired) electrons. The van der Waals surface area contributed by atoms with Crippen molar-refractivity contribution in [3.05, 3.63) is 0 Å². The number of nitrogens with zero attached hydrogens (tertiary/aromatic N) is 1. The fraction of sp³-hybridized carbons (Fsp3) is 0.875. The van der Waals surface area contributed by atoms with Crippen LogP contribution in [0.15, 0.2) is 5.16 Å². The lowest BCUT2D eigenvalue weighted by Gasteiger charge is -2.01. The van der Waals surface area contributed by atoms with Crippen molar-refractivity contribution in [3.8, 4) is 0 Å². The van der Waals surface area contributed by atoms with Crippen molar-refractivity contribution >= 4 is 18.5 Å². The number of rotatable bonds is 6. The highest BCUT2D eigenvalue weighted by Crippen LogP contribution is 1.93. The van der Waals surface area contributed by atoms with Crippen LogP contribution in [0.1, 0.15) is 26.7 Å². The van der Waals surface area contributed by atoms with Gasteiger partial charge >= 0.3 is 0 Å². The van der Waals surface area contributed by atoms with Crippen LogP contribution in [0.25, 0.3) is 0 Å². The first-order valence-electron chi connectivity index (χ1n) is 4.21. The second kappa shape index (κ2) is 8.71. The molecule has 0 saturated carbocycles. The van der Waals surface area contributed by atoms with Crippen LogP contribution in [-0.2, 0) is 9.57 Å². The van der Waals surface area contributed by atoms with Gasteiger partial charge in [-0.3, -0.25) is 0 Å². The number of thiol groups is 1. The first-order chi connectivity index (χ1) is 5.81. The molecule has 0 fully saturated rings. The zero-order valence-corrected chi connectivity index (χ0v) is 8.64. The van der Waals surface area contributed by atoms with Gasteiger partial charge in [-0.1, -0.05) is 5.16 Å². The maximum Gasteiger partial charge on any atom is 0.222 e. The molecule has 0 aromatic heterocycles. The Morgan fingerprint density at radius 2 is 2.17 bits per heavy atom. The third-order valence-electron chi connectivity index (χ3n) is 1.19. The lowest BCUT2D eigenvalue weighted by molar-refractivity contribution is 0.130. The Labute approximate surface area is 79.5 Å². The first kappa shape index (κ1) is 11.6. The predicted molar refractivity (Wildman–Crippen MR) is 53.8 cm³/mol. The van der Waals surface area contributed by atoms with E-state index in [1.54, 1.807) is 6.92 Å². The molecule has 12 heavy (non-hydrogen) atoms. The summed E-state index contributed by atoms with van der Waals surface area (Å²) in [5, 5.41) is 3.76. The van der Waals surface area contributed by atoms with E-state index in [2.05, 4.69) is 17.8 Å². The van der Waals surface area contributed by atoms with E-state index in [0.717, 1.165) is 18.6 Å². The van der Waals surface area contributed by atoms with Gasteiger partial charge in [-0.05, 0) is 25.5 Å². The molecule has 0 spiro atoms. The molecule has 0 aliphatic heterocycles. The van der Waals surface area contributed by atoms with Crippen LogP contribution in [0.5, 0.6) is 0 Å². The lowest BCUT2D eigenvalue weighted by atomic mass is 10.4. The van der Waals surface area contributed by atoms with E-state index in [1.165, 1.54) is 0 Å². The Morgan fingerprint density at radius 3 is 2.75 bits per heavy atom. The largest absolute Gasteiger partial charge is 0.479 e. The Hall–Kier alpha value is -0.380. The minimum atomic E-state index is 0.586. The summed E-state index contributed by atoms with van der Waals surface area (Å²) in [6.45, 7) is 4.97. The zero-order chi connectivity index (χ0) is 9.23. The minimum Gasteiger partial charge on any atom is -0.479 e. The first-order valence-corrected chi connectivity index (χ1v) is 4.84. The van der Waals surface area contributed by atoms with Gasteiger partial charge in [0.25, 0.3) is 0 Å². The molecule has 0 aromatic carbocycles. The lowest BCUT2D eigenvalue weighted by Crippen LogP contribution is -2.00. The Kier molecular flexibility index (Phi) is 8.44. The van der Waals surface area contributed by atoms with Crippen LogP contribution in [0, 0.1) is 0 Å². The minimum absolute atomic E-state index is 0.586. The fourth-order valence-electron chi connectivity index (χ4n) is 0.650. The fourth-order valence-corrected chi connectivity index (χ4v) is 0.874. The summed E-state index contributed by atoms with van der Waals surface area (Å²) in [7, 11) is 0. The van der Waals surface area contributed by atoms with Crippen LogP contribution in [-0.4, -0.2) is 24.9 Å². The van der Waals surface area contributed by atoms with E-state index in [4.69, 9.17) is 9.57 Å². The van der Waals surface area contributed by atoms with Gasteiger partial charge in [0.2, 0.25) is 5.90 Å².